The van der Waals surface area contributed by atoms with Crippen molar-refractivity contribution >= 4 is 0 Å². The Bertz CT molecular complexity index is 828. The average Bonchev–Trinajstić information content (AvgIpc) is 3.47. The number of alkyl halides is 6. The van der Waals surface area contributed by atoms with Crippen molar-refractivity contribution in [3.05, 3.63) is 120 Å². The molecule has 0 aliphatic heterocycles. The minimum Gasteiger partial charge on any atom is -0.508 e. The van der Waals surface area contributed by atoms with Gasteiger partial charge in [0.15, 0.2) is 0 Å². The summed E-state index contributed by atoms with van der Waals surface area (Å²) < 4.78 is 71.0. The van der Waals surface area contributed by atoms with Gasteiger partial charge in [0.1, 0.15) is 11.5 Å². The number of aromatic hydroxyl groups is 2. The summed E-state index contributed by atoms with van der Waals surface area (Å²) >= 11 is 0. The second-order valence-electron chi connectivity index (χ2n) is 6.01. The smallest absolute Gasteiger partial charge is 0.508 e. The van der Waals surface area contributed by atoms with E-state index in [0.29, 0.717) is 0 Å². The Morgan fingerprint density at radius 2 is 0.727 bits per heavy atom. The maximum Gasteiger partial charge on any atom is 2.00 e. The van der Waals surface area contributed by atoms with Crippen LogP contribution in [0.25, 0.3) is 0 Å². The zero-order valence-electron chi connectivity index (χ0n) is 17.1. The number of hydrogen-bond donors (Lipinski definition) is 2. The fourth-order valence-corrected chi connectivity index (χ4v) is 1.94. The van der Waals surface area contributed by atoms with Crippen LogP contribution in [0.15, 0.2) is 109 Å². The quantitative estimate of drug-likeness (QED) is 0.176. The van der Waals surface area contributed by atoms with Gasteiger partial charge in [-0.1, -0.05) is 0 Å². The van der Waals surface area contributed by atoms with E-state index in [1.165, 1.54) is 0 Å². The molecule has 0 aromatic heterocycles. The molecule has 0 bridgehead atoms. The fourth-order valence-electron chi connectivity index (χ4n) is 1.94. The van der Waals surface area contributed by atoms with Crippen LogP contribution in [0.1, 0.15) is 11.1 Å². The molecule has 9 heteroatoms. The van der Waals surface area contributed by atoms with Gasteiger partial charge in [-0.05, 0) is 48.5 Å². The van der Waals surface area contributed by atoms with E-state index in [1.54, 1.807) is 0 Å². The molecule has 0 radical (unpaired) electrons. The van der Waals surface area contributed by atoms with Crippen molar-refractivity contribution in [1.29, 1.82) is 0 Å². The second kappa shape index (κ2) is 15.1. The number of rotatable bonds is 0. The Kier molecular flexibility index (Phi) is 13.8. The normalized spacial score (nSPS) is 10.1. The van der Waals surface area contributed by atoms with Gasteiger partial charge in [-0.2, -0.15) is 62.7 Å². The van der Waals surface area contributed by atoms with Crippen LogP contribution >= 0.6 is 0 Å². The molecule has 4 aromatic rings. The molecule has 174 valence electrons. The first kappa shape index (κ1) is 30.2. The van der Waals surface area contributed by atoms with Gasteiger partial charge < -0.3 is 10.2 Å². The predicted octanol–water partition coefficient (Wildman–Crippen LogP) is 7.63. The summed E-state index contributed by atoms with van der Waals surface area (Å²) in [5.41, 5.74) is -1.51. The Hall–Kier alpha value is -2.80. The fraction of sp³-hybridized carbons (Fsp3) is 0.0833. The number of phenols is 2. The second-order valence-corrected chi connectivity index (χ2v) is 6.01. The van der Waals surface area contributed by atoms with Gasteiger partial charge in [0.05, 0.1) is 11.1 Å². The van der Waals surface area contributed by atoms with Crippen LogP contribution in [-0.4, -0.2) is 10.2 Å². The van der Waals surface area contributed by atoms with Crippen LogP contribution in [0.5, 0.6) is 11.5 Å². The van der Waals surface area contributed by atoms with Crippen molar-refractivity contribution in [3.63, 3.8) is 0 Å². The minimum atomic E-state index is -4.33. The van der Waals surface area contributed by atoms with Crippen LogP contribution in [0.2, 0.25) is 0 Å². The Morgan fingerprint density at radius 3 is 0.879 bits per heavy atom. The molecule has 4 aromatic carbocycles. The number of halogens is 6. The summed E-state index contributed by atoms with van der Waals surface area (Å²) in [4.78, 5) is 0. The Labute approximate surface area is 206 Å². The molecule has 0 fully saturated rings. The summed E-state index contributed by atoms with van der Waals surface area (Å²) in [7, 11) is 0. The number of hydrogen-bond acceptors (Lipinski definition) is 2. The van der Waals surface area contributed by atoms with Crippen LogP contribution in [0, 0.1) is 0 Å². The molecule has 0 aliphatic rings. The van der Waals surface area contributed by atoms with Gasteiger partial charge in [-0.15, -0.1) is 0 Å². The molecule has 0 aliphatic carbocycles. The van der Waals surface area contributed by atoms with Gasteiger partial charge in [0, 0.05) is 0 Å². The van der Waals surface area contributed by atoms with E-state index in [2.05, 4.69) is 0 Å². The van der Waals surface area contributed by atoms with Gasteiger partial charge in [-0.3, -0.25) is 0 Å². The van der Waals surface area contributed by atoms with E-state index in [0.717, 1.165) is 48.5 Å². The van der Waals surface area contributed by atoms with Crippen molar-refractivity contribution in [2.75, 3.05) is 0 Å². The first-order valence-electron chi connectivity index (χ1n) is 9.06. The van der Waals surface area contributed by atoms with Crippen LogP contribution in [0.4, 0.5) is 26.3 Å². The van der Waals surface area contributed by atoms with Crippen molar-refractivity contribution in [3.8, 4) is 11.5 Å². The topological polar surface area (TPSA) is 40.5 Å². The van der Waals surface area contributed by atoms with Gasteiger partial charge in [0.25, 0.3) is 0 Å². The third-order valence-electron chi connectivity index (χ3n) is 3.50. The van der Waals surface area contributed by atoms with Crippen LogP contribution < -0.4 is 0 Å². The van der Waals surface area contributed by atoms with Crippen LogP contribution in [0.3, 0.4) is 0 Å². The average molecular weight is 546 g/mol. The Balaban J connectivity index is 0.000000434. The molecule has 33 heavy (non-hydrogen) atoms. The van der Waals surface area contributed by atoms with E-state index in [4.69, 9.17) is 10.2 Å². The van der Waals surface area contributed by atoms with E-state index < -0.39 is 23.5 Å². The van der Waals surface area contributed by atoms with E-state index in [-0.39, 0.29) is 37.7 Å². The third kappa shape index (κ3) is 14.1. The molecule has 2 N–H and O–H groups in total. The molecule has 2 nitrogen and oxygen atoms in total. The van der Waals surface area contributed by atoms with Crippen molar-refractivity contribution in [2.45, 2.75) is 12.4 Å². The van der Waals surface area contributed by atoms with Gasteiger partial charge >= 0.3 is 38.6 Å². The van der Waals surface area contributed by atoms with Crippen molar-refractivity contribution in [1.82, 2.24) is 0 Å². The summed E-state index contributed by atoms with van der Waals surface area (Å²) in [6, 6.07) is 27.3. The molecule has 0 saturated carbocycles. The largest absolute Gasteiger partial charge is 2.00 e. The molecule has 0 heterocycles. The molecule has 0 unspecified atom stereocenters. The first-order valence-corrected chi connectivity index (χ1v) is 9.06. The number of phenolic OH excluding ortho intramolecular Hbond substituents is 2. The summed E-state index contributed by atoms with van der Waals surface area (Å²) in [6.45, 7) is 0. The van der Waals surface area contributed by atoms with E-state index in [9.17, 15) is 26.3 Å². The predicted molar refractivity (Wildman–Crippen MR) is 110 cm³/mol. The molecular formula is C24H20F6O2Zr. The molecule has 0 atom stereocenters. The Morgan fingerprint density at radius 1 is 0.485 bits per heavy atom. The van der Waals surface area contributed by atoms with E-state index >= 15 is 0 Å². The van der Waals surface area contributed by atoms with Crippen molar-refractivity contribution in [2.24, 2.45) is 0 Å². The molecular weight excluding hydrogens is 525 g/mol. The zero-order chi connectivity index (χ0) is 24.0. The summed E-state index contributed by atoms with van der Waals surface area (Å²) in [6.07, 6.45) is -8.65. The van der Waals surface area contributed by atoms with Crippen LogP contribution in [-0.2, 0) is 38.6 Å². The molecule has 0 spiro atoms. The molecule has 4 rings (SSSR count). The first-order chi connectivity index (χ1) is 15.0. The molecule has 0 amide bonds. The standard InChI is InChI=1S/2C7H5F3O.2C5H5.Zr/c2*8-7(9,10)5-1-3-6(11)4-2-5;2*1-2-4-5-3-1;/h2*1-4,11H;2*1-5H;/q;;2*-1;+2. The van der Waals surface area contributed by atoms with Gasteiger partial charge in [0.2, 0.25) is 0 Å². The number of benzene rings is 2. The summed E-state index contributed by atoms with van der Waals surface area (Å²) in [5.74, 6) is -0.337. The summed E-state index contributed by atoms with van der Waals surface area (Å²) in [5, 5.41) is 17.3. The SMILES string of the molecule is Oc1ccc(C(F)(F)F)cc1.Oc1ccc(C(F)(F)F)cc1.[Zr+2].c1cc[cH-]c1.c1cc[cH-]c1. The minimum absolute atomic E-state index is 0. The maximum absolute atomic E-state index is 11.8. The monoisotopic (exact) mass is 544 g/mol. The van der Waals surface area contributed by atoms with Gasteiger partial charge in [-0.25, -0.2) is 24.3 Å². The zero-order valence-corrected chi connectivity index (χ0v) is 19.5. The third-order valence-corrected chi connectivity index (χ3v) is 3.50. The molecule has 0 saturated heterocycles. The van der Waals surface area contributed by atoms with Crippen molar-refractivity contribution < 1.29 is 62.8 Å². The maximum atomic E-state index is 11.8. The van der Waals surface area contributed by atoms with E-state index in [1.807, 2.05) is 60.7 Å².